The van der Waals surface area contributed by atoms with E-state index in [-0.39, 0.29) is 0 Å². The summed E-state index contributed by atoms with van der Waals surface area (Å²) in [6.45, 7) is 1.03. The predicted molar refractivity (Wildman–Crippen MR) is 82.9 cm³/mol. The number of hydrogen-bond acceptors (Lipinski definition) is 5. The maximum Gasteiger partial charge on any atom is 0.149 e. The van der Waals surface area contributed by atoms with Crippen molar-refractivity contribution in [1.82, 2.24) is 20.3 Å². The van der Waals surface area contributed by atoms with Crippen molar-refractivity contribution in [3.8, 4) is 11.8 Å². The molecule has 0 unspecified atom stereocenters. The number of nitriles is 1. The van der Waals surface area contributed by atoms with E-state index < -0.39 is 12.3 Å². The molecule has 0 amide bonds. The zero-order valence-electron chi connectivity index (χ0n) is 12.2. The number of ether oxygens (including phenoxy) is 1. The molecule has 3 aromatic heterocycles. The summed E-state index contributed by atoms with van der Waals surface area (Å²) in [7, 11) is 0. The number of piperidine rings is 1. The van der Waals surface area contributed by atoms with E-state index in [0.29, 0.717) is 30.1 Å². The molecule has 0 bridgehead atoms. The van der Waals surface area contributed by atoms with Crippen molar-refractivity contribution in [3.63, 3.8) is 0 Å². The van der Waals surface area contributed by atoms with Crippen LogP contribution in [0.15, 0.2) is 24.5 Å². The molecule has 4 heterocycles. The molecule has 0 aliphatic carbocycles. The maximum atomic E-state index is 14.0. The number of hydrogen-bond donors (Lipinski definition) is 2. The summed E-state index contributed by atoms with van der Waals surface area (Å²) >= 11 is 0. The number of H-pyrrole nitrogens is 1. The first-order chi connectivity index (χ1) is 11.3. The molecule has 0 saturated carbocycles. The lowest BCUT2D eigenvalue weighted by molar-refractivity contribution is 0.0744. The van der Waals surface area contributed by atoms with Gasteiger partial charge < -0.3 is 15.0 Å². The normalized spacial score (nSPS) is 21.4. The van der Waals surface area contributed by atoms with Crippen LogP contribution in [-0.4, -0.2) is 40.3 Å². The van der Waals surface area contributed by atoms with Gasteiger partial charge >= 0.3 is 0 Å². The number of nitrogens with one attached hydrogen (secondary N) is 2. The second-order valence-corrected chi connectivity index (χ2v) is 5.55. The van der Waals surface area contributed by atoms with Crippen molar-refractivity contribution in [2.45, 2.75) is 18.7 Å². The Balaban J connectivity index is 1.84. The number of halogens is 1. The Bertz CT molecular complexity index is 916. The molecule has 0 radical (unpaired) electrons. The summed E-state index contributed by atoms with van der Waals surface area (Å²) in [5.74, 6) is 0.575. The van der Waals surface area contributed by atoms with Crippen LogP contribution in [-0.2, 0) is 0 Å². The highest BCUT2D eigenvalue weighted by atomic mass is 19.1. The number of pyridine rings is 2. The molecule has 7 heteroatoms. The summed E-state index contributed by atoms with van der Waals surface area (Å²) in [6.07, 6.45) is 2.30. The number of fused-ring (bicyclic) bond motifs is 3. The topological polar surface area (TPSA) is 86.6 Å². The van der Waals surface area contributed by atoms with E-state index in [2.05, 4.69) is 20.3 Å². The fourth-order valence-electron chi connectivity index (χ4n) is 2.94. The van der Waals surface area contributed by atoms with Crippen LogP contribution in [0.5, 0.6) is 5.75 Å². The number of aromatic nitrogens is 3. The molecule has 6 nitrogen and oxygen atoms in total. The van der Waals surface area contributed by atoms with Gasteiger partial charge in [-0.1, -0.05) is 0 Å². The van der Waals surface area contributed by atoms with Crippen LogP contribution in [0.2, 0.25) is 0 Å². The number of alkyl halides is 1. The minimum atomic E-state index is -1.05. The molecule has 116 valence electrons. The fraction of sp³-hybridized carbons (Fsp3) is 0.312. The van der Waals surface area contributed by atoms with E-state index in [9.17, 15) is 4.39 Å². The van der Waals surface area contributed by atoms with Crippen molar-refractivity contribution in [3.05, 3.63) is 30.2 Å². The zero-order chi connectivity index (χ0) is 15.8. The van der Waals surface area contributed by atoms with Gasteiger partial charge in [-0.3, -0.25) is 0 Å². The predicted octanol–water partition coefficient (Wildman–Crippen LogP) is 2.06. The molecule has 23 heavy (non-hydrogen) atoms. The van der Waals surface area contributed by atoms with E-state index in [4.69, 9.17) is 10.00 Å². The molecular formula is C16H14FN5O. The lowest BCUT2D eigenvalue weighted by Crippen LogP contribution is -2.44. The SMILES string of the molecule is N#Cc1cc2c(cn1)[nH]c1nccc(O[C@H]3CCNC[C@@H]3F)c12. The van der Waals surface area contributed by atoms with E-state index in [1.54, 1.807) is 24.5 Å². The van der Waals surface area contributed by atoms with Crippen LogP contribution in [0.25, 0.3) is 21.9 Å². The molecule has 0 spiro atoms. The Labute approximate surface area is 131 Å². The highest BCUT2D eigenvalue weighted by molar-refractivity contribution is 6.09. The van der Waals surface area contributed by atoms with Gasteiger partial charge in [0, 0.05) is 18.1 Å². The molecule has 2 atom stereocenters. The van der Waals surface area contributed by atoms with Gasteiger partial charge in [-0.2, -0.15) is 5.26 Å². The molecule has 1 fully saturated rings. The van der Waals surface area contributed by atoms with Crippen LogP contribution in [0.1, 0.15) is 12.1 Å². The number of aromatic amines is 1. The minimum Gasteiger partial charge on any atom is -0.486 e. The lowest BCUT2D eigenvalue weighted by atomic mass is 10.1. The Morgan fingerprint density at radius 1 is 1.39 bits per heavy atom. The van der Waals surface area contributed by atoms with Crippen molar-refractivity contribution < 1.29 is 9.13 Å². The zero-order valence-corrected chi connectivity index (χ0v) is 12.2. The highest BCUT2D eigenvalue weighted by Gasteiger charge is 2.27. The molecule has 3 aromatic rings. The highest BCUT2D eigenvalue weighted by Crippen LogP contribution is 2.33. The van der Waals surface area contributed by atoms with Gasteiger partial charge in [0.15, 0.2) is 0 Å². The van der Waals surface area contributed by atoms with Crippen molar-refractivity contribution >= 4 is 21.9 Å². The van der Waals surface area contributed by atoms with Crippen LogP contribution in [0.3, 0.4) is 0 Å². The number of nitrogens with zero attached hydrogens (tertiary/aromatic N) is 3. The monoisotopic (exact) mass is 311 g/mol. The van der Waals surface area contributed by atoms with E-state index in [0.717, 1.165) is 22.8 Å². The van der Waals surface area contributed by atoms with E-state index in [1.165, 1.54) is 0 Å². The van der Waals surface area contributed by atoms with Crippen LogP contribution in [0, 0.1) is 11.3 Å². The average Bonchev–Trinajstić information content (AvgIpc) is 2.95. The smallest absolute Gasteiger partial charge is 0.149 e. The van der Waals surface area contributed by atoms with Crippen molar-refractivity contribution in [2.75, 3.05) is 13.1 Å². The van der Waals surface area contributed by atoms with Crippen LogP contribution < -0.4 is 10.1 Å². The van der Waals surface area contributed by atoms with Crippen LogP contribution >= 0.6 is 0 Å². The Morgan fingerprint density at radius 2 is 2.30 bits per heavy atom. The van der Waals surface area contributed by atoms with Gasteiger partial charge in [-0.05, 0) is 25.1 Å². The first-order valence-electron chi connectivity index (χ1n) is 7.44. The summed E-state index contributed by atoms with van der Waals surface area (Å²) in [6, 6.07) is 5.45. The van der Waals surface area contributed by atoms with Gasteiger partial charge in [0.25, 0.3) is 0 Å². The summed E-state index contributed by atoms with van der Waals surface area (Å²) in [4.78, 5) is 11.5. The van der Waals surface area contributed by atoms with Crippen molar-refractivity contribution in [2.24, 2.45) is 0 Å². The van der Waals surface area contributed by atoms with Gasteiger partial charge in [-0.25, -0.2) is 14.4 Å². The van der Waals surface area contributed by atoms with Gasteiger partial charge in [0.1, 0.15) is 35.4 Å². The second-order valence-electron chi connectivity index (χ2n) is 5.55. The molecule has 1 saturated heterocycles. The third-order valence-corrected chi connectivity index (χ3v) is 4.08. The van der Waals surface area contributed by atoms with E-state index >= 15 is 0 Å². The van der Waals surface area contributed by atoms with E-state index in [1.807, 2.05) is 6.07 Å². The fourth-order valence-corrected chi connectivity index (χ4v) is 2.94. The molecule has 2 N–H and O–H groups in total. The average molecular weight is 311 g/mol. The lowest BCUT2D eigenvalue weighted by Gasteiger charge is -2.27. The quantitative estimate of drug-likeness (QED) is 0.756. The Morgan fingerprint density at radius 3 is 3.13 bits per heavy atom. The largest absolute Gasteiger partial charge is 0.486 e. The second kappa shape index (κ2) is 5.48. The molecule has 1 aliphatic heterocycles. The molecule has 1 aliphatic rings. The van der Waals surface area contributed by atoms with Crippen molar-refractivity contribution in [1.29, 1.82) is 5.26 Å². The summed E-state index contributed by atoms with van der Waals surface area (Å²) in [5, 5.41) is 13.6. The third-order valence-electron chi connectivity index (χ3n) is 4.08. The molecule has 0 aromatic carbocycles. The van der Waals surface area contributed by atoms with Gasteiger partial charge in [0.2, 0.25) is 0 Å². The Kier molecular flexibility index (Phi) is 3.32. The summed E-state index contributed by atoms with van der Waals surface area (Å²) < 4.78 is 20.0. The summed E-state index contributed by atoms with van der Waals surface area (Å²) in [5.41, 5.74) is 1.72. The first-order valence-corrected chi connectivity index (χ1v) is 7.44. The van der Waals surface area contributed by atoms with Gasteiger partial charge in [0.05, 0.1) is 17.1 Å². The third kappa shape index (κ3) is 2.37. The van der Waals surface area contributed by atoms with Gasteiger partial charge in [-0.15, -0.1) is 0 Å². The molecular weight excluding hydrogens is 297 g/mol. The minimum absolute atomic E-state index is 0.301. The number of rotatable bonds is 2. The standard InChI is InChI=1S/C16H14FN5O/c17-11-7-19-3-1-13(11)23-14-2-4-20-16-15(14)10-5-9(6-18)21-8-12(10)22-16/h2,4-5,8,11,13,19H,1,3,7H2,(H,20,22)/t11-,13-/m0/s1. The Hall–Kier alpha value is -2.72. The molecule has 4 rings (SSSR count). The first kappa shape index (κ1) is 13.9. The van der Waals surface area contributed by atoms with Crippen LogP contribution in [0.4, 0.5) is 4.39 Å². The maximum absolute atomic E-state index is 14.0.